The van der Waals surface area contributed by atoms with Gasteiger partial charge >= 0.3 is 0 Å². The molecular formula is C12H17NO2S. The molecule has 1 aromatic rings. The lowest BCUT2D eigenvalue weighted by Gasteiger charge is -2.34. The van der Waals surface area contributed by atoms with Crippen LogP contribution in [0.4, 0.5) is 0 Å². The summed E-state index contributed by atoms with van der Waals surface area (Å²) in [6, 6.07) is 10.5. The molecule has 0 heterocycles. The highest BCUT2D eigenvalue weighted by Crippen LogP contribution is 2.26. The zero-order chi connectivity index (χ0) is 11.6. The Kier molecular flexibility index (Phi) is 3.30. The first-order valence-electron chi connectivity index (χ1n) is 5.52. The summed E-state index contributed by atoms with van der Waals surface area (Å²) in [5, 5.41) is 3.25. The number of rotatable bonds is 4. The van der Waals surface area contributed by atoms with Gasteiger partial charge in [0.1, 0.15) is 9.84 Å². The van der Waals surface area contributed by atoms with Gasteiger partial charge in [0.25, 0.3) is 0 Å². The predicted octanol–water partition coefficient (Wildman–Crippen LogP) is 1.35. The lowest BCUT2D eigenvalue weighted by Crippen LogP contribution is -2.47. The molecule has 0 amide bonds. The van der Waals surface area contributed by atoms with Crippen molar-refractivity contribution in [1.29, 1.82) is 0 Å². The van der Waals surface area contributed by atoms with Crippen LogP contribution in [-0.4, -0.2) is 26.0 Å². The van der Waals surface area contributed by atoms with E-state index in [1.165, 1.54) is 11.8 Å². The molecule has 1 aliphatic carbocycles. The second-order valence-electron chi connectivity index (χ2n) is 4.49. The number of sulfone groups is 1. The van der Waals surface area contributed by atoms with Crippen molar-refractivity contribution in [2.45, 2.75) is 30.7 Å². The van der Waals surface area contributed by atoms with Gasteiger partial charge in [0.15, 0.2) is 0 Å². The fraction of sp³-hybridized carbons (Fsp3) is 0.500. The summed E-state index contributed by atoms with van der Waals surface area (Å²) in [4.78, 5) is 0. The van der Waals surface area contributed by atoms with Gasteiger partial charge in [0.05, 0.1) is 5.25 Å². The number of benzene rings is 1. The van der Waals surface area contributed by atoms with Crippen molar-refractivity contribution in [2.75, 3.05) is 6.26 Å². The average molecular weight is 239 g/mol. The fourth-order valence-corrected chi connectivity index (χ4v) is 3.10. The van der Waals surface area contributed by atoms with Gasteiger partial charge in [0, 0.05) is 18.8 Å². The molecule has 1 N–H and O–H groups in total. The highest BCUT2D eigenvalue weighted by atomic mass is 32.2. The standard InChI is InChI=1S/C12H17NO2S/c1-16(14,15)12-7-11(8-12)13-9-10-5-3-2-4-6-10/h2-6,11-13H,7-9H2,1H3. The van der Waals surface area contributed by atoms with Crippen LogP contribution >= 0.6 is 0 Å². The smallest absolute Gasteiger partial charge is 0.150 e. The van der Waals surface area contributed by atoms with Crippen LogP contribution in [0.1, 0.15) is 18.4 Å². The van der Waals surface area contributed by atoms with Gasteiger partial charge in [-0.2, -0.15) is 0 Å². The first-order chi connectivity index (χ1) is 7.55. The first kappa shape index (κ1) is 11.6. The molecule has 0 saturated heterocycles. The third-order valence-corrected chi connectivity index (χ3v) is 4.73. The van der Waals surface area contributed by atoms with E-state index in [0.717, 1.165) is 19.4 Å². The molecule has 0 spiro atoms. The van der Waals surface area contributed by atoms with E-state index in [9.17, 15) is 8.42 Å². The van der Waals surface area contributed by atoms with Crippen LogP contribution in [0.25, 0.3) is 0 Å². The van der Waals surface area contributed by atoms with E-state index in [4.69, 9.17) is 0 Å². The first-order valence-corrected chi connectivity index (χ1v) is 7.47. The Balaban J connectivity index is 1.75. The molecule has 0 radical (unpaired) electrons. The molecule has 0 aliphatic heterocycles. The van der Waals surface area contributed by atoms with Crippen molar-refractivity contribution in [3.63, 3.8) is 0 Å². The van der Waals surface area contributed by atoms with Crippen LogP contribution in [0.15, 0.2) is 30.3 Å². The monoisotopic (exact) mass is 239 g/mol. The van der Waals surface area contributed by atoms with Crippen molar-refractivity contribution in [2.24, 2.45) is 0 Å². The Morgan fingerprint density at radius 2 is 1.88 bits per heavy atom. The molecule has 3 nitrogen and oxygen atoms in total. The lowest BCUT2D eigenvalue weighted by molar-refractivity contribution is 0.338. The van der Waals surface area contributed by atoms with Gasteiger partial charge in [-0.3, -0.25) is 0 Å². The number of nitrogens with one attached hydrogen (secondary N) is 1. The van der Waals surface area contributed by atoms with Crippen LogP contribution in [0.5, 0.6) is 0 Å². The summed E-state index contributed by atoms with van der Waals surface area (Å²) in [5.41, 5.74) is 1.24. The molecule has 1 saturated carbocycles. The molecular weight excluding hydrogens is 222 g/mol. The molecule has 0 aromatic heterocycles. The molecule has 4 heteroatoms. The summed E-state index contributed by atoms with van der Waals surface area (Å²) >= 11 is 0. The van der Waals surface area contributed by atoms with Gasteiger partial charge in [0.2, 0.25) is 0 Å². The predicted molar refractivity (Wildman–Crippen MR) is 64.9 cm³/mol. The molecule has 1 aromatic carbocycles. The molecule has 2 rings (SSSR count). The van der Waals surface area contributed by atoms with Crippen molar-refractivity contribution in [3.05, 3.63) is 35.9 Å². The highest BCUT2D eigenvalue weighted by Gasteiger charge is 2.35. The minimum atomic E-state index is -2.82. The third kappa shape index (κ3) is 2.83. The largest absolute Gasteiger partial charge is 0.310 e. The van der Waals surface area contributed by atoms with E-state index in [1.54, 1.807) is 0 Å². The van der Waals surface area contributed by atoms with Crippen molar-refractivity contribution >= 4 is 9.84 Å². The molecule has 1 aliphatic rings. The summed E-state index contributed by atoms with van der Waals surface area (Å²) in [5.74, 6) is 0. The van der Waals surface area contributed by atoms with Gasteiger partial charge in [-0.15, -0.1) is 0 Å². The summed E-state index contributed by atoms with van der Waals surface area (Å²) < 4.78 is 22.4. The van der Waals surface area contributed by atoms with E-state index in [2.05, 4.69) is 17.4 Å². The highest BCUT2D eigenvalue weighted by molar-refractivity contribution is 7.91. The molecule has 88 valence electrons. The number of hydrogen-bond donors (Lipinski definition) is 1. The normalized spacial score (nSPS) is 25.1. The van der Waals surface area contributed by atoms with Crippen molar-refractivity contribution in [1.82, 2.24) is 5.32 Å². The Morgan fingerprint density at radius 1 is 1.25 bits per heavy atom. The van der Waals surface area contributed by atoms with E-state index in [1.807, 2.05) is 18.2 Å². The van der Waals surface area contributed by atoms with Crippen molar-refractivity contribution < 1.29 is 8.42 Å². The van der Waals surface area contributed by atoms with Gasteiger partial charge < -0.3 is 5.32 Å². The quantitative estimate of drug-likeness (QED) is 0.862. The second kappa shape index (κ2) is 4.55. The zero-order valence-corrected chi connectivity index (χ0v) is 10.2. The maximum Gasteiger partial charge on any atom is 0.150 e. The summed E-state index contributed by atoms with van der Waals surface area (Å²) in [7, 11) is -2.82. The second-order valence-corrected chi connectivity index (χ2v) is 6.81. The Morgan fingerprint density at radius 3 is 2.44 bits per heavy atom. The summed E-state index contributed by atoms with van der Waals surface area (Å²) in [6.45, 7) is 0.821. The van der Waals surface area contributed by atoms with E-state index in [0.29, 0.717) is 6.04 Å². The van der Waals surface area contributed by atoms with E-state index >= 15 is 0 Å². The number of hydrogen-bond acceptors (Lipinski definition) is 3. The van der Waals surface area contributed by atoms with Crippen LogP contribution in [0, 0.1) is 0 Å². The van der Waals surface area contributed by atoms with Gasteiger partial charge in [-0.25, -0.2) is 8.42 Å². The maximum atomic E-state index is 11.2. The fourth-order valence-electron chi connectivity index (χ4n) is 1.94. The Hall–Kier alpha value is -0.870. The van der Waals surface area contributed by atoms with Gasteiger partial charge in [-0.1, -0.05) is 30.3 Å². The topological polar surface area (TPSA) is 46.2 Å². The summed E-state index contributed by atoms with van der Waals surface area (Å²) in [6.07, 6.45) is 2.84. The van der Waals surface area contributed by atoms with E-state index < -0.39 is 9.84 Å². The van der Waals surface area contributed by atoms with Crippen LogP contribution in [-0.2, 0) is 16.4 Å². The molecule has 0 atom stereocenters. The lowest BCUT2D eigenvalue weighted by atomic mass is 9.92. The minimum absolute atomic E-state index is 0.124. The maximum absolute atomic E-state index is 11.2. The average Bonchev–Trinajstić information content (AvgIpc) is 2.15. The molecule has 16 heavy (non-hydrogen) atoms. The third-order valence-electron chi connectivity index (χ3n) is 3.14. The molecule has 0 bridgehead atoms. The molecule has 0 unspecified atom stereocenters. The molecule has 1 fully saturated rings. The van der Waals surface area contributed by atoms with E-state index in [-0.39, 0.29) is 5.25 Å². The van der Waals surface area contributed by atoms with Crippen molar-refractivity contribution in [3.8, 4) is 0 Å². The zero-order valence-electron chi connectivity index (χ0n) is 9.39. The van der Waals surface area contributed by atoms with Gasteiger partial charge in [-0.05, 0) is 18.4 Å². The van der Waals surface area contributed by atoms with Crippen LogP contribution in [0.2, 0.25) is 0 Å². The van der Waals surface area contributed by atoms with Crippen LogP contribution in [0.3, 0.4) is 0 Å². The van der Waals surface area contributed by atoms with Crippen LogP contribution < -0.4 is 5.32 Å². The minimum Gasteiger partial charge on any atom is -0.310 e. The Bertz CT molecular complexity index is 435. The Labute approximate surface area is 96.8 Å². The SMILES string of the molecule is CS(=O)(=O)C1CC(NCc2ccccc2)C1.